The fourth-order valence-electron chi connectivity index (χ4n) is 2.98. The Balaban J connectivity index is 1.56. The van der Waals surface area contributed by atoms with Gasteiger partial charge in [-0.1, -0.05) is 6.42 Å². The predicted octanol–water partition coefficient (Wildman–Crippen LogP) is 1.000. The van der Waals surface area contributed by atoms with Crippen molar-refractivity contribution >= 4 is 5.82 Å². The summed E-state index contributed by atoms with van der Waals surface area (Å²) in [6, 6.07) is 5.56. The highest BCUT2D eigenvalue weighted by Gasteiger charge is 2.22. The summed E-state index contributed by atoms with van der Waals surface area (Å²) in [5.74, 6) is 0.853. The highest BCUT2D eigenvalue weighted by molar-refractivity contribution is 5.31. The quantitative estimate of drug-likeness (QED) is 0.857. The zero-order valence-corrected chi connectivity index (χ0v) is 13.1. The summed E-state index contributed by atoms with van der Waals surface area (Å²) >= 11 is 0. The first-order valence-corrected chi connectivity index (χ1v) is 8.09. The summed E-state index contributed by atoms with van der Waals surface area (Å²) in [6.45, 7) is 3.39. The van der Waals surface area contributed by atoms with E-state index in [1.54, 1.807) is 30.9 Å². The van der Waals surface area contributed by atoms with Gasteiger partial charge in [0.25, 0.3) is 5.56 Å². The molecule has 2 aromatic heterocycles. The molecule has 1 atom stereocenters. The van der Waals surface area contributed by atoms with Gasteiger partial charge >= 0.3 is 0 Å². The number of nitrogens with zero attached hydrogens (tertiary/aromatic N) is 5. The largest absolute Gasteiger partial charge is 0.368 e. The van der Waals surface area contributed by atoms with Gasteiger partial charge in [0, 0.05) is 37.6 Å². The lowest BCUT2D eigenvalue weighted by molar-refractivity contribution is 0.148. The summed E-state index contributed by atoms with van der Waals surface area (Å²) in [7, 11) is 0. The molecule has 122 valence electrons. The van der Waals surface area contributed by atoms with Gasteiger partial charge in [-0.05, 0) is 31.5 Å². The van der Waals surface area contributed by atoms with Crippen molar-refractivity contribution in [1.82, 2.24) is 24.6 Å². The minimum Gasteiger partial charge on any atom is -0.368 e. The van der Waals surface area contributed by atoms with Crippen molar-refractivity contribution in [1.29, 1.82) is 0 Å². The van der Waals surface area contributed by atoms with Crippen LogP contribution >= 0.6 is 0 Å². The summed E-state index contributed by atoms with van der Waals surface area (Å²) in [4.78, 5) is 22.3. The second-order valence-corrected chi connectivity index (χ2v) is 5.75. The number of hydrogen-bond donors (Lipinski definition) is 1. The Kier molecular flexibility index (Phi) is 5.31. The molecule has 2 aromatic rings. The van der Waals surface area contributed by atoms with Crippen molar-refractivity contribution in [2.45, 2.75) is 31.8 Å². The van der Waals surface area contributed by atoms with E-state index in [1.807, 2.05) is 6.07 Å². The lowest BCUT2D eigenvalue weighted by Gasteiger charge is -2.35. The van der Waals surface area contributed by atoms with E-state index in [0.717, 1.165) is 31.9 Å². The fraction of sp³-hybridized carbons (Fsp3) is 0.500. The number of aromatic nitrogens is 4. The van der Waals surface area contributed by atoms with Gasteiger partial charge in [-0.15, -0.1) is 0 Å². The van der Waals surface area contributed by atoms with Crippen molar-refractivity contribution in [2.24, 2.45) is 0 Å². The molecule has 0 bridgehead atoms. The first-order valence-electron chi connectivity index (χ1n) is 8.09. The zero-order valence-electron chi connectivity index (χ0n) is 13.1. The summed E-state index contributed by atoms with van der Waals surface area (Å²) < 4.78 is 1.53. The summed E-state index contributed by atoms with van der Waals surface area (Å²) in [5.41, 5.74) is -0.0415. The molecular formula is C16H22N6O. The number of piperidine rings is 1. The average molecular weight is 314 g/mol. The summed E-state index contributed by atoms with van der Waals surface area (Å²) in [5, 5.41) is 7.50. The van der Waals surface area contributed by atoms with Crippen molar-refractivity contribution in [3.63, 3.8) is 0 Å². The van der Waals surface area contributed by atoms with Crippen LogP contribution in [0.2, 0.25) is 0 Å². The van der Waals surface area contributed by atoms with Crippen LogP contribution in [0.15, 0.2) is 41.7 Å². The van der Waals surface area contributed by atoms with E-state index in [0.29, 0.717) is 12.6 Å². The van der Waals surface area contributed by atoms with E-state index >= 15 is 0 Å². The Morgan fingerprint density at radius 1 is 1.22 bits per heavy atom. The van der Waals surface area contributed by atoms with E-state index in [4.69, 9.17) is 0 Å². The molecule has 0 aromatic carbocycles. The maximum Gasteiger partial charge on any atom is 0.266 e. The van der Waals surface area contributed by atoms with Crippen LogP contribution in [-0.4, -0.2) is 50.3 Å². The van der Waals surface area contributed by atoms with Gasteiger partial charge in [-0.25, -0.2) is 14.6 Å². The minimum absolute atomic E-state index is 0.0415. The molecule has 7 nitrogen and oxygen atoms in total. The first kappa shape index (κ1) is 15.6. The Labute approximate surface area is 135 Å². The molecule has 0 amide bonds. The fourth-order valence-corrected chi connectivity index (χ4v) is 2.98. The number of hydrogen-bond acceptors (Lipinski definition) is 6. The van der Waals surface area contributed by atoms with Crippen LogP contribution in [0.25, 0.3) is 0 Å². The van der Waals surface area contributed by atoms with Gasteiger partial charge in [0.2, 0.25) is 0 Å². The van der Waals surface area contributed by atoms with Crippen molar-refractivity contribution in [3.8, 4) is 0 Å². The van der Waals surface area contributed by atoms with E-state index < -0.39 is 0 Å². The van der Waals surface area contributed by atoms with E-state index in [-0.39, 0.29) is 5.56 Å². The van der Waals surface area contributed by atoms with Crippen LogP contribution in [0.1, 0.15) is 19.3 Å². The molecule has 3 heterocycles. The molecule has 0 radical (unpaired) electrons. The van der Waals surface area contributed by atoms with Gasteiger partial charge in [0.1, 0.15) is 12.1 Å². The molecule has 1 unspecified atom stereocenters. The smallest absolute Gasteiger partial charge is 0.266 e. The van der Waals surface area contributed by atoms with Crippen LogP contribution in [0.4, 0.5) is 5.82 Å². The molecule has 1 N–H and O–H groups in total. The average Bonchev–Trinajstić information content (AvgIpc) is 2.61. The number of anilines is 1. The van der Waals surface area contributed by atoms with E-state index in [2.05, 4.69) is 25.3 Å². The first-order chi connectivity index (χ1) is 11.3. The van der Waals surface area contributed by atoms with Crippen molar-refractivity contribution in [3.05, 3.63) is 47.3 Å². The predicted molar refractivity (Wildman–Crippen MR) is 88.2 cm³/mol. The molecule has 3 rings (SSSR count). The standard InChI is InChI=1S/C16H22N6O/c23-16-5-3-7-20-22(16)11-10-21-9-2-1-4-14(21)12-18-15-6-8-17-13-19-15/h3,5-8,13-14H,1-2,4,9-12H2,(H,17,18,19). The van der Waals surface area contributed by atoms with Crippen molar-refractivity contribution < 1.29 is 0 Å². The molecule has 7 heteroatoms. The van der Waals surface area contributed by atoms with Gasteiger partial charge in [-0.2, -0.15) is 5.10 Å². The van der Waals surface area contributed by atoms with E-state index in [1.165, 1.54) is 17.5 Å². The molecule has 0 saturated carbocycles. The van der Waals surface area contributed by atoms with Gasteiger partial charge in [-0.3, -0.25) is 9.69 Å². The topological polar surface area (TPSA) is 75.9 Å². The monoisotopic (exact) mass is 314 g/mol. The molecule has 1 aliphatic heterocycles. The SMILES string of the molecule is O=c1cccnn1CCN1CCCCC1CNc1ccncn1. The molecule has 0 spiro atoms. The Morgan fingerprint density at radius 3 is 3.00 bits per heavy atom. The lowest BCUT2D eigenvalue weighted by Crippen LogP contribution is -2.45. The number of likely N-dealkylation sites (tertiary alicyclic amines) is 1. The van der Waals surface area contributed by atoms with Crippen LogP contribution < -0.4 is 10.9 Å². The number of nitrogens with one attached hydrogen (secondary N) is 1. The van der Waals surface area contributed by atoms with Crippen LogP contribution in [-0.2, 0) is 6.54 Å². The third kappa shape index (κ3) is 4.35. The third-order valence-corrected chi connectivity index (χ3v) is 4.23. The van der Waals surface area contributed by atoms with Gasteiger partial charge in [0.05, 0.1) is 6.54 Å². The Morgan fingerprint density at radius 2 is 2.17 bits per heavy atom. The maximum atomic E-state index is 11.7. The highest BCUT2D eigenvalue weighted by Crippen LogP contribution is 2.17. The van der Waals surface area contributed by atoms with E-state index in [9.17, 15) is 4.79 Å². The molecule has 23 heavy (non-hydrogen) atoms. The van der Waals surface area contributed by atoms with Crippen molar-refractivity contribution in [2.75, 3.05) is 25.0 Å². The zero-order chi connectivity index (χ0) is 15.9. The lowest BCUT2D eigenvalue weighted by atomic mass is 10.0. The van der Waals surface area contributed by atoms with Crippen LogP contribution in [0.3, 0.4) is 0 Å². The second kappa shape index (κ2) is 7.82. The second-order valence-electron chi connectivity index (χ2n) is 5.75. The molecule has 0 aliphatic carbocycles. The van der Waals surface area contributed by atoms with Crippen LogP contribution in [0.5, 0.6) is 0 Å². The summed E-state index contributed by atoms with van der Waals surface area (Å²) in [6.07, 6.45) is 8.56. The minimum atomic E-state index is -0.0415. The van der Waals surface area contributed by atoms with Crippen LogP contribution in [0, 0.1) is 0 Å². The molecule has 1 fully saturated rings. The van der Waals surface area contributed by atoms with Gasteiger partial charge < -0.3 is 5.32 Å². The highest BCUT2D eigenvalue weighted by atomic mass is 16.1. The third-order valence-electron chi connectivity index (χ3n) is 4.23. The normalized spacial score (nSPS) is 18.7. The molecular weight excluding hydrogens is 292 g/mol. The molecule has 1 saturated heterocycles. The Hall–Kier alpha value is -2.28. The Bertz CT molecular complexity index is 659. The molecule has 1 aliphatic rings. The number of rotatable bonds is 6. The van der Waals surface area contributed by atoms with Gasteiger partial charge in [0.15, 0.2) is 0 Å². The maximum absolute atomic E-state index is 11.7.